The van der Waals surface area contributed by atoms with Gasteiger partial charge >= 0.3 is 5.97 Å². The molecule has 2 rings (SSSR count). The molecule has 124 valence electrons. The van der Waals surface area contributed by atoms with Crippen LogP contribution in [0.4, 0.5) is 5.13 Å². The largest absolute Gasteiger partial charge is 0.465 e. The van der Waals surface area contributed by atoms with E-state index in [0.717, 1.165) is 16.9 Å². The van der Waals surface area contributed by atoms with Gasteiger partial charge in [-0.2, -0.15) is 5.26 Å². The highest BCUT2D eigenvalue weighted by molar-refractivity contribution is 7.99. The Hall–Kier alpha value is -2.37. The van der Waals surface area contributed by atoms with E-state index in [4.69, 9.17) is 5.26 Å². The van der Waals surface area contributed by atoms with E-state index in [-0.39, 0.29) is 11.7 Å². The second-order valence-corrected chi connectivity index (χ2v) is 6.76. The lowest BCUT2D eigenvalue weighted by molar-refractivity contribution is -0.113. The lowest BCUT2D eigenvalue weighted by atomic mass is 10.2. The van der Waals surface area contributed by atoms with Crippen LogP contribution in [0.5, 0.6) is 0 Å². The van der Waals surface area contributed by atoms with Crippen LogP contribution < -0.4 is 5.32 Å². The zero-order valence-electron chi connectivity index (χ0n) is 13.2. The fraction of sp³-hybridized carbons (Fsp3) is 0.250. The summed E-state index contributed by atoms with van der Waals surface area (Å²) in [5.74, 6) is 0.301. The topological polar surface area (TPSA) is 92.1 Å². The molecule has 24 heavy (non-hydrogen) atoms. The number of anilines is 1. The number of ether oxygens (including phenoxy) is 1. The van der Waals surface area contributed by atoms with Crippen LogP contribution in [0.25, 0.3) is 0 Å². The fourth-order valence-electron chi connectivity index (χ4n) is 1.82. The number of hydrogen-bond donors (Lipinski definition) is 1. The average Bonchev–Trinajstić information content (AvgIpc) is 2.95. The highest BCUT2D eigenvalue weighted by atomic mass is 32.2. The van der Waals surface area contributed by atoms with Gasteiger partial charge in [0.15, 0.2) is 5.13 Å². The van der Waals surface area contributed by atoms with Crippen molar-refractivity contribution in [1.82, 2.24) is 4.98 Å². The Bertz CT molecular complexity index is 779. The molecule has 0 bridgehead atoms. The van der Waals surface area contributed by atoms with Crippen molar-refractivity contribution in [3.8, 4) is 6.07 Å². The van der Waals surface area contributed by atoms with E-state index in [1.54, 1.807) is 19.1 Å². The summed E-state index contributed by atoms with van der Waals surface area (Å²) < 4.78 is 4.66. The summed E-state index contributed by atoms with van der Waals surface area (Å²) in [6.07, 6.45) is 0. The lowest BCUT2D eigenvalue weighted by Gasteiger charge is -2.02. The first kappa shape index (κ1) is 18.0. The zero-order valence-corrected chi connectivity index (χ0v) is 14.8. The third-order valence-electron chi connectivity index (χ3n) is 3.00. The van der Waals surface area contributed by atoms with Gasteiger partial charge in [0.05, 0.1) is 30.2 Å². The van der Waals surface area contributed by atoms with Gasteiger partial charge in [0.1, 0.15) is 4.88 Å². The Morgan fingerprint density at radius 3 is 2.71 bits per heavy atom. The normalized spacial score (nSPS) is 10.0. The highest BCUT2D eigenvalue weighted by Crippen LogP contribution is 2.23. The highest BCUT2D eigenvalue weighted by Gasteiger charge is 2.16. The number of nitrogens with zero attached hydrogens (tertiary/aromatic N) is 2. The number of benzene rings is 1. The van der Waals surface area contributed by atoms with Crippen LogP contribution in [-0.4, -0.2) is 29.7 Å². The van der Waals surface area contributed by atoms with Gasteiger partial charge in [0.2, 0.25) is 5.91 Å². The predicted molar refractivity (Wildman–Crippen MR) is 94.1 cm³/mol. The van der Waals surface area contributed by atoms with Gasteiger partial charge in [0.25, 0.3) is 0 Å². The molecule has 0 saturated heterocycles. The van der Waals surface area contributed by atoms with Crippen LogP contribution in [0, 0.1) is 18.3 Å². The zero-order chi connectivity index (χ0) is 17.5. The monoisotopic (exact) mass is 361 g/mol. The number of esters is 1. The van der Waals surface area contributed by atoms with Crippen molar-refractivity contribution in [3.05, 3.63) is 46.0 Å². The second kappa shape index (κ2) is 8.47. The molecule has 0 aliphatic rings. The van der Waals surface area contributed by atoms with E-state index in [1.807, 2.05) is 12.1 Å². The summed E-state index contributed by atoms with van der Waals surface area (Å²) in [4.78, 5) is 28.0. The SMILES string of the molecule is COC(=O)c1sc(NC(=O)CSCc2ccc(C#N)cc2)nc1C. The Morgan fingerprint density at radius 1 is 1.38 bits per heavy atom. The molecule has 0 spiro atoms. The summed E-state index contributed by atoms with van der Waals surface area (Å²) in [6, 6.07) is 9.31. The fourth-order valence-corrected chi connectivity index (χ4v) is 3.51. The van der Waals surface area contributed by atoms with Crippen LogP contribution in [0.2, 0.25) is 0 Å². The minimum atomic E-state index is -0.458. The summed E-state index contributed by atoms with van der Waals surface area (Å²) >= 11 is 2.56. The number of thioether (sulfide) groups is 1. The minimum absolute atomic E-state index is 0.182. The van der Waals surface area contributed by atoms with E-state index in [9.17, 15) is 9.59 Å². The number of carbonyl (C=O) groups is 2. The molecule has 0 radical (unpaired) electrons. The Balaban J connectivity index is 1.83. The van der Waals surface area contributed by atoms with Crippen LogP contribution in [0.3, 0.4) is 0 Å². The Morgan fingerprint density at radius 2 is 2.08 bits per heavy atom. The van der Waals surface area contributed by atoms with Gasteiger partial charge in [-0.3, -0.25) is 4.79 Å². The molecular formula is C16H15N3O3S2. The standard InChI is InChI=1S/C16H15N3O3S2/c1-10-14(15(21)22-2)24-16(18-10)19-13(20)9-23-8-12-5-3-11(7-17)4-6-12/h3-6H,8-9H2,1-2H3,(H,18,19,20). The van der Waals surface area contributed by atoms with Crippen molar-refractivity contribution in [3.63, 3.8) is 0 Å². The predicted octanol–water partition coefficient (Wildman–Crippen LogP) is 2.98. The molecule has 0 unspecified atom stereocenters. The molecule has 2 aromatic rings. The van der Waals surface area contributed by atoms with Crippen LogP contribution in [-0.2, 0) is 15.3 Å². The maximum atomic E-state index is 11.9. The van der Waals surface area contributed by atoms with Crippen molar-refractivity contribution < 1.29 is 14.3 Å². The first-order valence-corrected chi connectivity index (χ1v) is 8.93. The van der Waals surface area contributed by atoms with Crippen LogP contribution in [0.1, 0.15) is 26.5 Å². The number of carbonyl (C=O) groups excluding carboxylic acids is 2. The third-order valence-corrected chi connectivity index (χ3v) is 5.06. The van der Waals surface area contributed by atoms with Crippen molar-refractivity contribution in [2.45, 2.75) is 12.7 Å². The molecule has 8 heteroatoms. The van der Waals surface area contributed by atoms with Gasteiger partial charge < -0.3 is 10.1 Å². The van der Waals surface area contributed by atoms with Crippen molar-refractivity contribution in [2.75, 3.05) is 18.2 Å². The molecule has 1 heterocycles. The van der Waals surface area contributed by atoms with Crippen molar-refractivity contribution in [1.29, 1.82) is 5.26 Å². The number of thiazole rings is 1. The molecule has 1 N–H and O–H groups in total. The summed E-state index contributed by atoms with van der Waals surface area (Å²) in [7, 11) is 1.31. The molecule has 1 aromatic heterocycles. The first-order valence-electron chi connectivity index (χ1n) is 6.96. The molecule has 0 saturated carbocycles. The Kier molecular flexibility index (Phi) is 6.35. The minimum Gasteiger partial charge on any atom is -0.465 e. The smallest absolute Gasteiger partial charge is 0.350 e. The van der Waals surface area contributed by atoms with E-state index in [2.05, 4.69) is 21.1 Å². The summed E-state index contributed by atoms with van der Waals surface area (Å²) in [5, 5.41) is 11.8. The molecule has 0 atom stereocenters. The van der Waals surface area contributed by atoms with E-state index in [1.165, 1.54) is 18.9 Å². The number of methoxy groups -OCH3 is 1. The molecule has 1 amide bonds. The summed E-state index contributed by atoms with van der Waals surface area (Å²) in [6.45, 7) is 1.69. The molecular weight excluding hydrogens is 346 g/mol. The summed E-state index contributed by atoms with van der Waals surface area (Å²) in [5.41, 5.74) is 2.19. The molecule has 1 aromatic carbocycles. The maximum Gasteiger partial charge on any atom is 0.350 e. The molecule has 0 aliphatic heterocycles. The number of aryl methyl sites for hydroxylation is 1. The number of aromatic nitrogens is 1. The lowest BCUT2D eigenvalue weighted by Crippen LogP contribution is -2.13. The number of nitrogens with one attached hydrogen (secondary N) is 1. The third kappa shape index (κ3) is 4.81. The van der Waals surface area contributed by atoms with Crippen LogP contribution in [0.15, 0.2) is 24.3 Å². The van der Waals surface area contributed by atoms with Gasteiger partial charge in [-0.05, 0) is 24.6 Å². The molecule has 0 aliphatic carbocycles. The van der Waals surface area contributed by atoms with Gasteiger partial charge in [-0.1, -0.05) is 23.5 Å². The number of amides is 1. The van der Waals surface area contributed by atoms with Gasteiger partial charge in [-0.25, -0.2) is 9.78 Å². The quantitative estimate of drug-likeness (QED) is 0.795. The molecule has 6 nitrogen and oxygen atoms in total. The van der Waals surface area contributed by atoms with E-state index >= 15 is 0 Å². The van der Waals surface area contributed by atoms with Gasteiger partial charge in [0, 0.05) is 5.75 Å². The first-order chi connectivity index (χ1) is 11.5. The van der Waals surface area contributed by atoms with E-state index in [0.29, 0.717) is 27.0 Å². The Labute approximate surface area is 147 Å². The number of nitriles is 1. The van der Waals surface area contributed by atoms with Gasteiger partial charge in [-0.15, -0.1) is 11.8 Å². The average molecular weight is 361 g/mol. The van der Waals surface area contributed by atoms with Crippen LogP contribution >= 0.6 is 23.1 Å². The van der Waals surface area contributed by atoms with Crippen molar-refractivity contribution in [2.24, 2.45) is 0 Å². The number of rotatable bonds is 6. The van der Waals surface area contributed by atoms with Crippen molar-refractivity contribution >= 4 is 40.1 Å². The number of hydrogen-bond acceptors (Lipinski definition) is 7. The maximum absolute atomic E-state index is 11.9. The second-order valence-electron chi connectivity index (χ2n) is 4.77. The van der Waals surface area contributed by atoms with E-state index < -0.39 is 5.97 Å². The molecule has 0 fully saturated rings.